The highest BCUT2D eigenvalue weighted by Crippen LogP contribution is 2.22. The first-order valence-corrected chi connectivity index (χ1v) is 6.44. The Bertz CT molecular complexity index is 742. The van der Waals surface area contributed by atoms with E-state index in [0.717, 1.165) is 0 Å². The Hall–Kier alpha value is -2.22. The van der Waals surface area contributed by atoms with E-state index in [0.29, 0.717) is 15.9 Å². The van der Waals surface area contributed by atoms with E-state index in [2.05, 4.69) is 20.9 Å². The second-order valence-electron chi connectivity index (χ2n) is 4.19. The molecule has 0 radical (unpaired) electrons. The molecule has 7 nitrogen and oxygen atoms in total. The van der Waals surface area contributed by atoms with Crippen molar-refractivity contribution >= 4 is 27.3 Å². The van der Waals surface area contributed by atoms with E-state index in [9.17, 15) is 14.9 Å². The Labute approximate surface area is 122 Å². The summed E-state index contributed by atoms with van der Waals surface area (Å²) in [4.78, 5) is 26.2. The molecule has 2 N–H and O–H groups in total. The molecule has 0 saturated carbocycles. The summed E-state index contributed by atoms with van der Waals surface area (Å²) in [5.74, 6) is 0.551. The molecule has 2 aromatic rings. The SMILES string of the molecule is Cc1ncc(Br)c(=O)n1Cc1ccc([N+](=O)[O-])c(N)c1. The van der Waals surface area contributed by atoms with Gasteiger partial charge < -0.3 is 5.73 Å². The van der Waals surface area contributed by atoms with Crippen LogP contribution in [0.4, 0.5) is 11.4 Å². The minimum Gasteiger partial charge on any atom is -0.393 e. The molecule has 0 bridgehead atoms. The maximum atomic E-state index is 12.0. The Morgan fingerprint density at radius 3 is 2.80 bits per heavy atom. The van der Waals surface area contributed by atoms with Crippen LogP contribution in [0.5, 0.6) is 0 Å². The average molecular weight is 339 g/mol. The Morgan fingerprint density at radius 2 is 2.20 bits per heavy atom. The van der Waals surface area contributed by atoms with Gasteiger partial charge >= 0.3 is 0 Å². The predicted molar refractivity (Wildman–Crippen MR) is 77.5 cm³/mol. The maximum absolute atomic E-state index is 12.0. The maximum Gasteiger partial charge on any atom is 0.292 e. The zero-order valence-corrected chi connectivity index (χ0v) is 12.1. The number of aromatic nitrogens is 2. The summed E-state index contributed by atoms with van der Waals surface area (Å²) in [5.41, 5.74) is 6.03. The fourth-order valence-electron chi connectivity index (χ4n) is 1.79. The minimum atomic E-state index is -0.544. The average Bonchev–Trinajstić information content (AvgIpc) is 2.39. The molecule has 2 rings (SSSR count). The Kier molecular flexibility index (Phi) is 3.84. The predicted octanol–water partition coefficient (Wildman–Crippen LogP) is 1.85. The topological polar surface area (TPSA) is 104 Å². The smallest absolute Gasteiger partial charge is 0.292 e. The van der Waals surface area contributed by atoms with Gasteiger partial charge in [0.2, 0.25) is 0 Å². The third-order valence-corrected chi connectivity index (χ3v) is 3.38. The number of anilines is 1. The van der Waals surface area contributed by atoms with E-state index >= 15 is 0 Å². The summed E-state index contributed by atoms with van der Waals surface area (Å²) in [6, 6.07) is 4.39. The van der Waals surface area contributed by atoms with Gasteiger partial charge in [-0.2, -0.15) is 0 Å². The lowest BCUT2D eigenvalue weighted by Gasteiger charge is -2.10. The lowest BCUT2D eigenvalue weighted by molar-refractivity contribution is -0.383. The summed E-state index contributed by atoms with van der Waals surface area (Å²) in [6.45, 7) is 1.96. The van der Waals surface area contributed by atoms with Crippen LogP contribution in [0.15, 0.2) is 33.7 Å². The van der Waals surface area contributed by atoms with E-state index in [1.807, 2.05) is 0 Å². The highest BCUT2D eigenvalue weighted by Gasteiger charge is 2.12. The molecule has 104 valence electrons. The van der Waals surface area contributed by atoms with E-state index in [1.165, 1.54) is 22.9 Å². The van der Waals surface area contributed by atoms with Gasteiger partial charge in [0.05, 0.1) is 11.5 Å². The fraction of sp³-hybridized carbons (Fsp3) is 0.167. The largest absolute Gasteiger partial charge is 0.393 e. The molecule has 0 aliphatic rings. The van der Waals surface area contributed by atoms with Gasteiger partial charge in [-0.15, -0.1) is 0 Å². The van der Waals surface area contributed by atoms with Crippen LogP contribution >= 0.6 is 15.9 Å². The first kappa shape index (κ1) is 14.2. The van der Waals surface area contributed by atoms with Crippen LogP contribution in [-0.2, 0) is 6.54 Å². The number of nitro groups is 1. The van der Waals surface area contributed by atoms with E-state index in [1.54, 1.807) is 13.0 Å². The molecule has 1 heterocycles. The lowest BCUT2D eigenvalue weighted by Crippen LogP contribution is -2.24. The van der Waals surface area contributed by atoms with Crippen LogP contribution in [0.25, 0.3) is 0 Å². The summed E-state index contributed by atoms with van der Waals surface area (Å²) in [7, 11) is 0. The van der Waals surface area contributed by atoms with Gasteiger partial charge in [-0.3, -0.25) is 19.5 Å². The molecular formula is C12H11BrN4O3. The highest BCUT2D eigenvalue weighted by molar-refractivity contribution is 9.10. The van der Waals surface area contributed by atoms with Crippen molar-refractivity contribution in [2.75, 3.05) is 5.73 Å². The lowest BCUT2D eigenvalue weighted by atomic mass is 10.1. The quantitative estimate of drug-likeness (QED) is 0.522. The fourth-order valence-corrected chi connectivity index (χ4v) is 2.10. The number of nitro benzene ring substituents is 1. The van der Waals surface area contributed by atoms with E-state index < -0.39 is 4.92 Å². The summed E-state index contributed by atoms with van der Waals surface area (Å²) in [6.07, 6.45) is 1.44. The minimum absolute atomic E-state index is 0.0705. The second kappa shape index (κ2) is 5.41. The van der Waals surface area contributed by atoms with Gasteiger partial charge in [0.25, 0.3) is 11.2 Å². The first-order valence-electron chi connectivity index (χ1n) is 5.65. The van der Waals surface area contributed by atoms with Gasteiger partial charge in [0.1, 0.15) is 16.0 Å². The number of hydrogen-bond acceptors (Lipinski definition) is 5. The molecule has 0 aliphatic carbocycles. The summed E-state index contributed by atoms with van der Waals surface area (Å²) in [5, 5.41) is 10.7. The molecule has 0 spiro atoms. The normalized spacial score (nSPS) is 10.5. The standard InChI is InChI=1S/C12H11BrN4O3/c1-7-15-5-9(13)12(18)16(7)6-8-2-3-11(17(19)20)10(14)4-8/h2-5H,6,14H2,1H3. The number of rotatable bonds is 3. The number of aryl methyl sites for hydroxylation is 1. The number of nitrogens with zero attached hydrogens (tertiary/aromatic N) is 3. The van der Waals surface area contributed by atoms with Crippen molar-refractivity contribution in [3.63, 3.8) is 0 Å². The van der Waals surface area contributed by atoms with Crippen LogP contribution in [0.1, 0.15) is 11.4 Å². The van der Waals surface area contributed by atoms with Crippen molar-refractivity contribution in [1.29, 1.82) is 0 Å². The van der Waals surface area contributed by atoms with E-state index in [4.69, 9.17) is 5.73 Å². The molecule has 0 aliphatic heterocycles. The van der Waals surface area contributed by atoms with Crippen LogP contribution in [0, 0.1) is 17.0 Å². The molecule has 1 aromatic carbocycles. The molecule has 0 atom stereocenters. The number of hydrogen-bond donors (Lipinski definition) is 1. The first-order chi connectivity index (χ1) is 9.40. The monoisotopic (exact) mass is 338 g/mol. The Balaban J connectivity index is 2.41. The zero-order valence-electron chi connectivity index (χ0n) is 10.5. The van der Waals surface area contributed by atoms with Crippen molar-refractivity contribution in [3.8, 4) is 0 Å². The van der Waals surface area contributed by atoms with Crippen molar-refractivity contribution in [3.05, 3.63) is 60.7 Å². The highest BCUT2D eigenvalue weighted by atomic mass is 79.9. The molecule has 0 fully saturated rings. The molecule has 0 amide bonds. The van der Waals surface area contributed by atoms with Crippen molar-refractivity contribution in [2.45, 2.75) is 13.5 Å². The molecule has 20 heavy (non-hydrogen) atoms. The van der Waals surface area contributed by atoms with Gasteiger partial charge in [0.15, 0.2) is 0 Å². The summed E-state index contributed by atoms with van der Waals surface area (Å²) >= 11 is 3.13. The molecule has 0 unspecified atom stereocenters. The van der Waals surface area contributed by atoms with Crippen LogP contribution in [0.3, 0.4) is 0 Å². The number of nitrogen functional groups attached to an aromatic ring is 1. The zero-order chi connectivity index (χ0) is 14.9. The van der Waals surface area contributed by atoms with Crippen LogP contribution in [0.2, 0.25) is 0 Å². The van der Waals surface area contributed by atoms with Crippen LogP contribution < -0.4 is 11.3 Å². The molecule has 1 aromatic heterocycles. The van der Waals surface area contributed by atoms with Gasteiger partial charge in [-0.05, 0) is 34.5 Å². The van der Waals surface area contributed by atoms with Crippen molar-refractivity contribution < 1.29 is 4.92 Å². The van der Waals surface area contributed by atoms with Crippen LogP contribution in [-0.4, -0.2) is 14.5 Å². The van der Waals surface area contributed by atoms with Crippen molar-refractivity contribution in [1.82, 2.24) is 9.55 Å². The molecule has 0 saturated heterocycles. The number of benzene rings is 1. The van der Waals surface area contributed by atoms with E-state index in [-0.39, 0.29) is 23.5 Å². The number of nitrogens with two attached hydrogens (primary N) is 1. The number of halogens is 1. The third kappa shape index (κ3) is 2.69. The molecular weight excluding hydrogens is 328 g/mol. The Morgan fingerprint density at radius 1 is 1.50 bits per heavy atom. The second-order valence-corrected chi connectivity index (χ2v) is 5.05. The third-order valence-electron chi connectivity index (χ3n) is 2.83. The van der Waals surface area contributed by atoms with Gasteiger partial charge in [0, 0.05) is 12.3 Å². The van der Waals surface area contributed by atoms with Gasteiger partial charge in [-0.1, -0.05) is 6.07 Å². The molecule has 8 heteroatoms. The summed E-state index contributed by atoms with van der Waals surface area (Å²) < 4.78 is 1.82. The van der Waals surface area contributed by atoms with Crippen molar-refractivity contribution in [2.24, 2.45) is 0 Å². The van der Waals surface area contributed by atoms with Gasteiger partial charge in [-0.25, -0.2) is 4.98 Å².